The van der Waals surface area contributed by atoms with Gasteiger partial charge in [0.05, 0.1) is 6.54 Å². The molecule has 22 heavy (non-hydrogen) atoms. The zero-order valence-electron chi connectivity index (χ0n) is 13.7. The molecular formula is C17H24N2O3. The first-order valence-electron chi connectivity index (χ1n) is 7.72. The molecule has 0 bridgehead atoms. The molecule has 1 saturated heterocycles. The maximum atomic E-state index is 12.4. The average molecular weight is 304 g/mol. The minimum absolute atomic E-state index is 0.163. The van der Waals surface area contributed by atoms with Crippen molar-refractivity contribution in [2.45, 2.75) is 46.1 Å². The molecule has 1 atom stereocenters. The molecule has 1 aromatic carbocycles. The van der Waals surface area contributed by atoms with Gasteiger partial charge >= 0.3 is 6.03 Å². The van der Waals surface area contributed by atoms with Crippen LogP contribution in [-0.2, 0) is 4.79 Å². The summed E-state index contributed by atoms with van der Waals surface area (Å²) in [7, 11) is 0. The van der Waals surface area contributed by atoms with Crippen molar-refractivity contribution in [1.29, 1.82) is 0 Å². The number of nitrogens with zero attached hydrogens (tertiary/aromatic N) is 1. The van der Waals surface area contributed by atoms with Crippen molar-refractivity contribution in [2.24, 2.45) is 0 Å². The van der Waals surface area contributed by atoms with Gasteiger partial charge in [-0.2, -0.15) is 0 Å². The summed E-state index contributed by atoms with van der Waals surface area (Å²) in [5.74, 6) is 0.662. The quantitative estimate of drug-likeness (QED) is 0.822. The third kappa shape index (κ3) is 3.08. The molecule has 1 heterocycles. The number of carbonyl (C=O) groups is 2. The van der Waals surface area contributed by atoms with Gasteiger partial charge in [-0.1, -0.05) is 31.5 Å². The van der Waals surface area contributed by atoms with Crippen LogP contribution < -0.4 is 10.1 Å². The molecule has 120 valence electrons. The highest BCUT2D eigenvalue weighted by molar-refractivity contribution is 6.06. The average Bonchev–Trinajstić information content (AvgIpc) is 2.65. The third-order valence-electron chi connectivity index (χ3n) is 4.07. The number of benzene rings is 1. The summed E-state index contributed by atoms with van der Waals surface area (Å²) in [5, 5.41) is 2.78. The monoisotopic (exact) mass is 304 g/mol. The van der Waals surface area contributed by atoms with Crippen molar-refractivity contribution in [3.8, 4) is 5.75 Å². The maximum absolute atomic E-state index is 12.4. The van der Waals surface area contributed by atoms with Gasteiger partial charge in [0.15, 0.2) is 0 Å². The highest BCUT2D eigenvalue weighted by atomic mass is 16.5. The number of urea groups is 1. The van der Waals surface area contributed by atoms with E-state index in [4.69, 9.17) is 4.74 Å². The number of hydrogen-bond donors (Lipinski definition) is 1. The van der Waals surface area contributed by atoms with Crippen LogP contribution in [0.25, 0.3) is 0 Å². The Morgan fingerprint density at radius 2 is 1.86 bits per heavy atom. The summed E-state index contributed by atoms with van der Waals surface area (Å²) >= 11 is 0. The normalized spacial score (nSPS) is 21.2. The number of aryl methyl sites for hydroxylation is 2. The number of imide groups is 1. The fourth-order valence-corrected chi connectivity index (χ4v) is 2.89. The standard InChI is InChI=1S/C17H24N2O3/c1-5-9-17(4)15(20)19(16(21)18-17)10-11-22-14-12(2)7-6-8-13(14)3/h6-8H,5,9-11H2,1-4H3,(H,18,21). The molecule has 1 aromatic rings. The fraction of sp³-hybridized carbons (Fsp3) is 0.529. The predicted molar refractivity (Wildman–Crippen MR) is 85.0 cm³/mol. The van der Waals surface area contributed by atoms with Crippen LogP contribution in [0.3, 0.4) is 0 Å². The second kappa shape index (κ2) is 6.38. The Morgan fingerprint density at radius 3 is 2.45 bits per heavy atom. The Kier molecular flexibility index (Phi) is 4.74. The molecule has 3 amide bonds. The molecule has 1 unspecified atom stereocenters. The molecule has 2 rings (SSSR count). The van der Waals surface area contributed by atoms with E-state index in [1.165, 1.54) is 4.90 Å². The van der Waals surface area contributed by atoms with Gasteiger partial charge in [-0.05, 0) is 38.3 Å². The number of hydrogen-bond acceptors (Lipinski definition) is 3. The lowest BCUT2D eigenvalue weighted by Gasteiger charge is -2.21. The molecule has 1 aliphatic rings. The molecule has 0 radical (unpaired) electrons. The largest absolute Gasteiger partial charge is 0.491 e. The van der Waals surface area contributed by atoms with E-state index in [1.54, 1.807) is 6.92 Å². The van der Waals surface area contributed by atoms with Gasteiger partial charge in [0, 0.05) is 0 Å². The summed E-state index contributed by atoms with van der Waals surface area (Å²) in [6, 6.07) is 5.61. The van der Waals surface area contributed by atoms with Gasteiger partial charge in [0.25, 0.3) is 5.91 Å². The number of para-hydroxylation sites is 1. The predicted octanol–water partition coefficient (Wildman–Crippen LogP) is 2.79. The molecule has 1 N–H and O–H groups in total. The second-order valence-corrected chi connectivity index (χ2v) is 6.04. The molecule has 5 heteroatoms. The highest BCUT2D eigenvalue weighted by Gasteiger charge is 2.46. The maximum Gasteiger partial charge on any atom is 0.325 e. The van der Waals surface area contributed by atoms with Gasteiger partial charge in [-0.25, -0.2) is 4.79 Å². The molecule has 0 spiro atoms. The molecule has 1 fully saturated rings. The SMILES string of the molecule is CCCC1(C)NC(=O)N(CCOc2c(C)cccc2C)C1=O. The number of nitrogens with one attached hydrogen (secondary N) is 1. The van der Waals surface area contributed by atoms with Crippen LogP contribution in [0.1, 0.15) is 37.8 Å². The summed E-state index contributed by atoms with van der Waals surface area (Å²) in [4.78, 5) is 25.6. The van der Waals surface area contributed by atoms with Crippen LogP contribution >= 0.6 is 0 Å². The van der Waals surface area contributed by atoms with Gasteiger partial charge < -0.3 is 10.1 Å². The van der Waals surface area contributed by atoms with Gasteiger partial charge in [-0.3, -0.25) is 9.69 Å². The summed E-state index contributed by atoms with van der Waals surface area (Å²) in [6.45, 7) is 8.30. The van der Waals surface area contributed by atoms with Crippen molar-refractivity contribution in [3.63, 3.8) is 0 Å². The van der Waals surface area contributed by atoms with Gasteiger partial charge in [0.1, 0.15) is 17.9 Å². The lowest BCUT2D eigenvalue weighted by atomic mass is 9.96. The van der Waals surface area contributed by atoms with Crippen LogP contribution in [0.2, 0.25) is 0 Å². The first-order valence-corrected chi connectivity index (χ1v) is 7.72. The number of amides is 3. The van der Waals surface area contributed by atoms with Gasteiger partial charge in [-0.15, -0.1) is 0 Å². The third-order valence-corrected chi connectivity index (χ3v) is 4.07. The molecule has 0 saturated carbocycles. The van der Waals surface area contributed by atoms with Crippen LogP contribution in [0.4, 0.5) is 4.79 Å². The van der Waals surface area contributed by atoms with E-state index < -0.39 is 5.54 Å². The van der Waals surface area contributed by atoms with Crippen molar-refractivity contribution in [3.05, 3.63) is 29.3 Å². The minimum Gasteiger partial charge on any atom is -0.491 e. The Labute approximate surface area is 131 Å². The van der Waals surface area contributed by atoms with E-state index in [-0.39, 0.29) is 18.5 Å². The van der Waals surface area contributed by atoms with Crippen molar-refractivity contribution in [1.82, 2.24) is 10.2 Å². The van der Waals surface area contributed by atoms with Crippen LogP contribution in [0.15, 0.2) is 18.2 Å². The zero-order chi connectivity index (χ0) is 16.3. The smallest absolute Gasteiger partial charge is 0.325 e. The lowest BCUT2D eigenvalue weighted by Crippen LogP contribution is -2.44. The zero-order valence-corrected chi connectivity index (χ0v) is 13.7. The Bertz CT molecular complexity index is 565. The Hall–Kier alpha value is -2.04. The van der Waals surface area contributed by atoms with E-state index in [1.807, 2.05) is 39.0 Å². The van der Waals surface area contributed by atoms with E-state index in [0.29, 0.717) is 13.0 Å². The van der Waals surface area contributed by atoms with Gasteiger partial charge in [0.2, 0.25) is 0 Å². The van der Waals surface area contributed by atoms with E-state index in [0.717, 1.165) is 23.3 Å². The molecule has 0 aliphatic carbocycles. The summed E-state index contributed by atoms with van der Waals surface area (Å²) in [5.41, 5.74) is 1.32. The van der Waals surface area contributed by atoms with Crippen molar-refractivity contribution >= 4 is 11.9 Å². The van der Waals surface area contributed by atoms with Crippen molar-refractivity contribution in [2.75, 3.05) is 13.2 Å². The first-order chi connectivity index (χ1) is 10.4. The fourth-order valence-electron chi connectivity index (χ4n) is 2.89. The van der Waals surface area contributed by atoms with Crippen LogP contribution in [-0.4, -0.2) is 35.5 Å². The minimum atomic E-state index is -0.773. The Balaban J connectivity index is 1.98. The number of ether oxygens (including phenoxy) is 1. The topological polar surface area (TPSA) is 58.6 Å². The highest BCUT2D eigenvalue weighted by Crippen LogP contribution is 2.24. The first kappa shape index (κ1) is 16.3. The summed E-state index contributed by atoms with van der Waals surface area (Å²) in [6.07, 6.45) is 1.49. The molecule has 1 aliphatic heterocycles. The Morgan fingerprint density at radius 1 is 1.23 bits per heavy atom. The number of carbonyl (C=O) groups excluding carboxylic acids is 2. The lowest BCUT2D eigenvalue weighted by molar-refractivity contribution is -0.131. The second-order valence-electron chi connectivity index (χ2n) is 6.04. The molecule has 5 nitrogen and oxygen atoms in total. The summed E-state index contributed by atoms with van der Waals surface area (Å²) < 4.78 is 5.78. The van der Waals surface area contributed by atoms with Crippen LogP contribution in [0, 0.1) is 13.8 Å². The van der Waals surface area contributed by atoms with Crippen molar-refractivity contribution < 1.29 is 14.3 Å². The van der Waals surface area contributed by atoms with Crippen LogP contribution in [0.5, 0.6) is 5.75 Å². The van der Waals surface area contributed by atoms with E-state index >= 15 is 0 Å². The molecule has 0 aromatic heterocycles. The van der Waals surface area contributed by atoms with E-state index in [9.17, 15) is 9.59 Å². The molecular weight excluding hydrogens is 280 g/mol. The number of rotatable bonds is 6. The van der Waals surface area contributed by atoms with E-state index in [2.05, 4.69) is 5.32 Å².